The van der Waals surface area contributed by atoms with E-state index < -0.39 is 0 Å². The summed E-state index contributed by atoms with van der Waals surface area (Å²) in [5.41, 5.74) is 0. The quantitative estimate of drug-likeness (QED) is 0.245. The SMILES string of the molecule is O=C(CCn1ccnc1)OCCOCCOCCOCCOC(=O)CCn1ccnc1. The second kappa shape index (κ2) is 16.0. The number of hydrogen-bond donors (Lipinski definition) is 0. The average Bonchev–Trinajstić information content (AvgIpc) is 3.48. The monoisotopic (exact) mass is 438 g/mol. The fourth-order valence-electron chi connectivity index (χ4n) is 2.39. The van der Waals surface area contributed by atoms with E-state index in [0.717, 1.165) is 0 Å². The summed E-state index contributed by atoms with van der Waals surface area (Å²) in [4.78, 5) is 30.9. The van der Waals surface area contributed by atoms with Crippen LogP contribution in [0.4, 0.5) is 0 Å². The van der Waals surface area contributed by atoms with E-state index in [1.807, 2.05) is 9.13 Å². The van der Waals surface area contributed by atoms with Crippen LogP contribution in [0.15, 0.2) is 37.4 Å². The molecule has 0 saturated heterocycles. The molecule has 0 aliphatic heterocycles. The summed E-state index contributed by atoms with van der Waals surface area (Å²) in [6.45, 7) is 3.81. The molecule has 11 nitrogen and oxygen atoms in total. The molecule has 11 heteroatoms. The minimum absolute atomic E-state index is 0.215. The molecule has 172 valence electrons. The third-order valence-electron chi connectivity index (χ3n) is 3.99. The normalized spacial score (nSPS) is 10.8. The lowest BCUT2D eigenvalue weighted by Crippen LogP contribution is -2.16. The minimum atomic E-state index is -0.269. The highest BCUT2D eigenvalue weighted by atomic mass is 16.6. The molecule has 2 aromatic heterocycles. The molecule has 0 radical (unpaired) electrons. The van der Waals surface area contributed by atoms with Crippen LogP contribution >= 0.6 is 0 Å². The maximum Gasteiger partial charge on any atom is 0.307 e. The van der Waals surface area contributed by atoms with Crippen molar-refractivity contribution >= 4 is 11.9 Å². The maximum atomic E-state index is 11.6. The lowest BCUT2D eigenvalue weighted by atomic mass is 10.4. The molecule has 0 aromatic carbocycles. The van der Waals surface area contributed by atoms with Crippen molar-refractivity contribution < 1.29 is 33.3 Å². The van der Waals surface area contributed by atoms with Crippen LogP contribution in [-0.4, -0.2) is 83.9 Å². The first-order valence-electron chi connectivity index (χ1n) is 10.2. The zero-order chi connectivity index (χ0) is 22.0. The van der Waals surface area contributed by atoms with E-state index in [4.69, 9.17) is 23.7 Å². The van der Waals surface area contributed by atoms with Crippen molar-refractivity contribution in [2.24, 2.45) is 0 Å². The standard InChI is InChI=1S/C20H30N4O7/c25-19(1-5-23-7-3-21-17-23)30-15-13-28-11-9-27-10-12-29-14-16-31-20(26)2-6-24-8-4-22-18-24/h3-4,7-8,17-18H,1-2,5-6,9-16H2. The maximum absolute atomic E-state index is 11.6. The first kappa shape index (κ1) is 24.5. The molecule has 2 heterocycles. The van der Waals surface area contributed by atoms with Gasteiger partial charge in [0.15, 0.2) is 0 Å². The van der Waals surface area contributed by atoms with Crippen LogP contribution in [0.25, 0.3) is 0 Å². The molecule has 0 unspecified atom stereocenters. The summed E-state index contributed by atoms with van der Waals surface area (Å²) in [6, 6.07) is 0. The van der Waals surface area contributed by atoms with E-state index in [1.54, 1.807) is 37.4 Å². The van der Waals surface area contributed by atoms with E-state index >= 15 is 0 Å². The van der Waals surface area contributed by atoms with Crippen molar-refractivity contribution in [3.05, 3.63) is 37.4 Å². The first-order chi connectivity index (χ1) is 15.2. The molecule has 0 N–H and O–H groups in total. The second-order valence-electron chi connectivity index (χ2n) is 6.38. The molecule has 0 atom stereocenters. The Hall–Kier alpha value is -2.76. The fraction of sp³-hybridized carbons (Fsp3) is 0.600. The van der Waals surface area contributed by atoms with Crippen molar-refractivity contribution in [1.82, 2.24) is 19.1 Å². The number of hydrogen-bond acceptors (Lipinski definition) is 9. The third-order valence-corrected chi connectivity index (χ3v) is 3.99. The van der Waals surface area contributed by atoms with Gasteiger partial charge >= 0.3 is 11.9 Å². The topological polar surface area (TPSA) is 116 Å². The van der Waals surface area contributed by atoms with E-state index in [1.165, 1.54) is 0 Å². The molecule has 2 rings (SSSR count). The summed E-state index contributed by atoms with van der Waals surface area (Å²) in [5, 5.41) is 0. The molecule has 2 aromatic rings. The largest absolute Gasteiger partial charge is 0.463 e. The molecular weight excluding hydrogens is 408 g/mol. The van der Waals surface area contributed by atoms with Crippen molar-refractivity contribution in [3.8, 4) is 0 Å². The van der Waals surface area contributed by atoms with E-state index in [-0.39, 0.29) is 25.2 Å². The number of aromatic nitrogens is 4. The van der Waals surface area contributed by atoms with Gasteiger partial charge < -0.3 is 32.8 Å². The number of aryl methyl sites for hydroxylation is 2. The van der Waals surface area contributed by atoms with Crippen LogP contribution in [0.3, 0.4) is 0 Å². The van der Waals surface area contributed by atoms with Gasteiger partial charge in [-0.05, 0) is 0 Å². The number of nitrogens with zero attached hydrogens (tertiary/aromatic N) is 4. The summed E-state index contributed by atoms with van der Waals surface area (Å²) < 4.78 is 29.8. The number of ether oxygens (including phenoxy) is 5. The minimum Gasteiger partial charge on any atom is -0.463 e. The van der Waals surface area contributed by atoms with Crippen LogP contribution in [0.2, 0.25) is 0 Å². The smallest absolute Gasteiger partial charge is 0.307 e. The molecular formula is C20H30N4O7. The van der Waals surface area contributed by atoms with Crippen LogP contribution in [-0.2, 0) is 46.4 Å². The molecule has 0 spiro atoms. The number of carbonyl (C=O) groups is 2. The number of rotatable bonds is 18. The Morgan fingerprint density at radius 1 is 0.613 bits per heavy atom. The highest BCUT2D eigenvalue weighted by Crippen LogP contribution is 1.95. The number of esters is 2. The highest BCUT2D eigenvalue weighted by Gasteiger charge is 2.04. The van der Waals surface area contributed by atoms with Gasteiger partial charge in [-0.3, -0.25) is 9.59 Å². The van der Waals surface area contributed by atoms with Crippen LogP contribution < -0.4 is 0 Å². The van der Waals surface area contributed by atoms with Crippen molar-refractivity contribution in [3.63, 3.8) is 0 Å². The van der Waals surface area contributed by atoms with E-state index in [9.17, 15) is 9.59 Å². The third kappa shape index (κ3) is 12.5. The summed E-state index contributed by atoms with van der Waals surface area (Å²) in [7, 11) is 0. The Kier molecular flexibility index (Phi) is 12.6. The van der Waals surface area contributed by atoms with Gasteiger partial charge in [0.25, 0.3) is 0 Å². The Morgan fingerprint density at radius 2 is 1.00 bits per heavy atom. The van der Waals surface area contributed by atoms with Gasteiger partial charge in [-0.2, -0.15) is 0 Å². The van der Waals surface area contributed by atoms with Gasteiger partial charge in [0.05, 0.1) is 65.1 Å². The molecule has 31 heavy (non-hydrogen) atoms. The summed E-state index contributed by atoms with van der Waals surface area (Å²) in [5.74, 6) is -0.538. The Labute approximate surface area is 181 Å². The van der Waals surface area contributed by atoms with Gasteiger partial charge in [-0.15, -0.1) is 0 Å². The first-order valence-corrected chi connectivity index (χ1v) is 10.2. The van der Waals surface area contributed by atoms with Gasteiger partial charge in [0.2, 0.25) is 0 Å². The average molecular weight is 438 g/mol. The van der Waals surface area contributed by atoms with Gasteiger partial charge in [-0.1, -0.05) is 0 Å². The van der Waals surface area contributed by atoms with E-state index in [0.29, 0.717) is 65.6 Å². The van der Waals surface area contributed by atoms with Crippen molar-refractivity contribution in [1.29, 1.82) is 0 Å². The second-order valence-corrected chi connectivity index (χ2v) is 6.38. The fourth-order valence-corrected chi connectivity index (χ4v) is 2.39. The van der Waals surface area contributed by atoms with Crippen molar-refractivity contribution in [2.45, 2.75) is 25.9 Å². The van der Waals surface area contributed by atoms with Gasteiger partial charge in [-0.25, -0.2) is 9.97 Å². The lowest BCUT2D eigenvalue weighted by molar-refractivity contribution is -0.146. The van der Waals surface area contributed by atoms with Crippen LogP contribution in [0, 0.1) is 0 Å². The molecule has 0 bridgehead atoms. The van der Waals surface area contributed by atoms with E-state index in [2.05, 4.69) is 9.97 Å². The number of imidazole rings is 2. The molecule has 0 fully saturated rings. The molecule has 0 aliphatic rings. The number of carbonyl (C=O) groups excluding carboxylic acids is 2. The Bertz CT molecular complexity index is 647. The van der Waals surface area contributed by atoms with Crippen LogP contribution in [0.5, 0.6) is 0 Å². The summed E-state index contributed by atoms with van der Waals surface area (Å²) in [6.07, 6.45) is 10.8. The zero-order valence-electron chi connectivity index (χ0n) is 17.6. The van der Waals surface area contributed by atoms with Crippen molar-refractivity contribution in [2.75, 3.05) is 52.9 Å². The van der Waals surface area contributed by atoms with Gasteiger partial charge in [0.1, 0.15) is 13.2 Å². The Balaban J connectivity index is 1.27. The van der Waals surface area contributed by atoms with Gasteiger partial charge in [0, 0.05) is 37.9 Å². The molecule has 0 saturated carbocycles. The summed E-state index contributed by atoms with van der Waals surface area (Å²) >= 11 is 0. The predicted molar refractivity (Wildman–Crippen MR) is 108 cm³/mol. The molecule has 0 amide bonds. The predicted octanol–water partition coefficient (Wildman–Crippen LogP) is 0.696. The zero-order valence-corrected chi connectivity index (χ0v) is 17.6. The van der Waals surface area contributed by atoms with Crippen LogP contribution in [0.1, 0.15) is 12.8 Å². The molecule has 0 aliphatic carbocycles. The lowest BCUT2D eigenvalue weighted by Gasteiger charge is -2.08. The highest BCUT2D eigenvalue weighted by molar-refractivity contribution is 5.69. The Morgan fingerprint density at radius 3 is 1.35 bits per heavy atom.